The summed E-state index contributed by atoms with van der Waals surface area (Å²) >= 11 is 9.49. The molecule has 1 aliphatic heterocycles. The monoisotopic (exact) mass is 347 g/mol. The van der Waals surface area contributed by atoms with E-state index in [1.807, 2.05) is 18.2 Å². The number of nitrogens with zero attached hydrogens (tertiary/aromatic N) is 1. The van der Waals surface area contributed by atoms with Crippen LogP contribution in [0, 0.1) is 0 Å². The minimum Gasteiger partial charge on any atom is -0.481 e. The number of carbonyl (C=O) groups is 1. The van der Waals surface area contributed by atoms with Gasteiger partial charge in [0.25, 0.3) is 0 Å². The summed E-state index contributed by atoms with van der Waals surface area (Å²) in [5, 5.41) is 9.50. The molecule has 1 unspecified atom stereocenters. The number of rotatable bonds is 4. The van der Waals surface area contributed by atoms with Gasteiger partial charge in [-0.3, -0.25) is 9.69 Å². The van der Waals surface area contributed by atoms with Crippen molar-refractivity contribution in [2.24, 2.45) is 0 Å². The number of carboxylic acid groups (broad SMARTS) is 1. The number of ether oxygens (including phenoxy) is 1. The Morgan fingerprint density at radius 1 is 1.58 bits per heavy atom. The second-order valence-corrected chi connectivity index (χ2v) is 5.85. The normalized spacial score (nSPS) is 20.4. The van der Waals surface area contributed by atoms with Gasteiger partial charge in [-0.15, -0.1) is 0 Å². The van der Waals surface area contributed by atoms with Crippen LogP contribution in [0.25, 0.3) is 0 Å². The maximum absolute atomic E-state index is 10.7. The number of carboxylic acids is 1. The number of benzene rings is 1. The Labute approximate surface area is 125 Å². The van der Waals surface area contributed by atoms with Crippen LogP contribution in [-0.2, 0) is 16.1 Å². The molecule has 0 bridgehead atoms. The Morgan fingerprint density at radius 3 is 3.11 bits per heavy atom. The van der Waals surface area contributed by atoms with Gasteiger partial charge in [0.1, 0.15) is 0 Å². The summed E-state index contributed by atoms with van der Waals surface area (Å²) in [6, 6.07) is 5.68. The van der Waals surface area contributed by atoms with E-state index in [9.17, 15) is 4.79 Å². The second-order valence-electron chi connectivity index (χ2n) is 4.56. The summed E-state index contributed by atoms with van der Waals surface area (Å²) < 4.78 is 6.46. The van der Waals surface area contributed by atoms with E-state index in [4.69, 9.17) is 21.4 Å². The molecule has 1 aliphatic rings. The minimum absolute atomic E-state index is 0.0488. The number of halogens is 2. The summed E-state index contributed by atoms with van der Waals surface area (Å²) in [5.74, 6) is -0.823. The van der Waals surface area contributed by atoms with Gasteiger partial charge in [0.15, 0.2) is 0 Å². The molecule has 1 N–H and O–H groups in total. The fourth-order valence-electron chi connectivity index (χ4n) is 2.15. The van der Waals surface area contributed by atoms with Crippen molar-refractivity contribution >= 4 is 33.5 Å². The highest BCUT2D eigenvalue weighted by atomic mass is 79.9. The maximum atomic E-state index is 10.7. The zero-order valence-electron chi connectivity index (χ0n) is 10.3. The van der Waals surface area contributed by atoms with Crippen LogP contribution >= 0.6 is 27.5 Å². The molecule has 104 valence electrons. The van der Waals surface area contributed by atoms with Gasteiger partial charge in [-0.05, 0) is 23.8 Å². The summed E-state index contributed by atoms with van der Waals surface area (Å²) in [4.78, 5) is 12.9. The average Bonchev–Trinajstić information content (AvgIpc) is 2.33. The lowest BCUT2D eigenvalue weighted by Crippen LogP contribution is -2.42. The van der Waals surface area contributed by atoms with E-state index in [0.29, 0.717) is 18.2 Å². The van der Waals surface area contributed by atoms with Crippen LogP contribution in [0.4, 0.5) is 0 Å². The van der Waals surface area contributed by atoms with Crippen LogP contribution in [-0.4, -0.2) is 41.8 Å². The Hall–Kier alpha value is -0.620. The highest BCUT2D eigenvalue weighted by Crippen LogP contribution is 2.23. The third kappa shape index (κ3) is 4.45. The topological polar surface area (TPSA) is 49.8 Å². The molecule has 0 aliphatic carbocycles. The molecular weight excluding hydrogens is 334 g/mol. The SMILES string of the molecule is O=C(O)CC1CN(Cc2cc(Cl)ccc2Br)CCO1. The van der Waals surface area contributed by atoms with E-state index in [2.05, 4.69) is 20.8 Å². The predicted molar refractivity (Wildman–Crippen MR) is 76.4 cm³/mol. The van der Waals surface area contributed by atoms with E-state index in [1.165, 1.54) is 0 Å². The summed E-state index contributed by atoms with van der Waals surface area (Å²) in [6.07, 6.45) is -0.183. The highest BCUT2D eigenvalue weighted by Gasteiger charge is 2.23. The molecule has 19 heavy (non-hydrogen) atoms. The Kier molecular flexibility index (Phi) is 5.21. The van der Waals surface area contributed by atoms with Crippen LogP contribution < -0.4 is 0 Å². The van der Waals surface area contributed by atoms with Crippen LogP contribution in [0.1, 0.15) is 12.0 Å². The Balaban J connectivity index is 1.98. The van der Waals surface area contributed by atoms with Gasteiger partial charge in [-0.2, -0.15) is 0 Å². The molecule has 1 saturated heterocycles. The first kappa shape index (κ1) is 14.8. The predicted octanol–water partition coefficient (Wildman–Crippen LogP) is 2.78. The highest BCUT2D eigenvalue weighted by molar-refractivity contribution is 9.10. The largest absolute Gasteiger partial charge is 0.481 e. The third-order valence-electron chi connectivity index (χ3n) is 3.03. The average molecular weight is 349 g/mol. The molecule has 0 aromatic heterocycles. The lowest BCUT2D eigenvalue weighted by molar-refractivity contribution is -0.142. The molecule has 2 rings (SSSR count). The minimum atomic E-state index is -0.823. The van der Waals surface area contributed by atoms with Crippen molar-refractivity contribution in [3.8, 4) is 0 Å². The second kappa shape index (κ2) is 6.70. The molecule has 1 atom stereocenters. The molecule has 1 heterocycles. The van der Waals surface area contributed by atoms with E-state index >= 15 is 0 Å². The number of aliphatic carboxylic acids is 1. The quantitative estimate of drug-likeness (QED) is 0.909. The lowest BCUT2D eigenvalue weighted by atomic mass is 10.1. The standard InChI is InChI=1S/C13H15BrClNO3/c14-12-2-1-10(15)5-9(12)7-16-3-4-19-11(8-16)6-13(17)18/h1-2,5,11H,3-4,6-8H2,(H,17,18). The summed E-state index contributed by atoms with van der Waals surface area (Å²) in [7, 11) is 0. The van der Waals surface area contributed by atoms with Gasteiger partial charge < -0.3 is 9.84 Å². The van der Waals surface area contributed by atoms with Crippen LogP contribution in [0.3, 0.4) is 0 Å². The van der Waals surface area contributed by atoms with E-state index in [1.54, 1.807) is 0 Å². The lowest BCUT2D eigenvalue weighted by Gasteiger charge is -2.32. The van der Waals surface area contributed by atoms with Crippen LogP contribution in [0.15, 0.2) is 22.7 Å². The Bertz CT molecular complexity index is 469. The van der Waals surface area contributed by atoms with Crippen molar-refractivity contribution in [1.29, 1.82) is 0 Å². The van der Waals surface area contributed by atoms with Crippen molar-refractivity contribution in [2.75, 3.05) is 19.7 Å². The molecule has 0 amide bonds. The fourth-order valence-corrected chi connectivity index (χ4v) is 2.71. The van der Waals surface area contributed by atoms with Gasteiger partial charge in [-0.1, -0.05) is 27.5 Å². The van der Waals surface area contributed by atoms with Crippen molar-refractivity contribution in [3.05, 3.63) is 33.3 Å². The van der Waals surface area contributed by atoms with Gasteiger partial charge in [0.2, 0.25) is 0 Å². The molecule has 4 nitrogen and oxygen atoms in total. The summed E-state index contributed by atoms with van der Waals surface area (Å²) in [5.41, 5.74) is 1.10. The molecule has 1 aromatic carbocycles. The first-order valence-corrected chi connectivity index (χ1v) is 7.21. The summed E-state index contributed by atoms with van der Waals surface area (Å²) in [6.45, 7) is 2.73. The smallest absolute Gasteiger partial charge is 0.306 e. The van der Waals surface area contributed by atoms with E-state index in [0.717, 1.165) is 23.1 Å². The van der Waals surface area contributed by atoms with Gasteiger partial charge in [-0.25, -0.2) is 0 Å². The zero-order valence-corrected chi connectivity index (χ0v) is 12.7. The zero-order chi connectivity index (χ0) is 13.8. The van der Waals surface area contributed by atoms with Gasteiger partial charge in [0.05, 0.1) is 19.1 Å². The molecule has 0 saturated carbocycles. The third-order valence-corrected chi connectivity index (χ3v) is 4.04. The van der Waals surface area contributed by atoms with E-state index < -0.39 is 5.97 Å². The van der Waals surface area contributed by atoms with Gasteiger partial charge in [0, 0.05) is 29.1 Å². The van der Waals surface area contributed by atoms with Gasteiger partial charge >= 0.3 is 5.97 Å². The number of morpholine rings is 1. The number of hydrogen-bond acceptors (Lipinski definition) is 3. The first-order valence-electron chi connectivity index (χ1n) is 6.04. The van der Waals surface area contributed by atoms with Crippen molar-refractivity contribution in [2.45, 2.75) is 19.1 Å². The van der Waals surface area contributed by atoms with Crippen molar-refractivity contribution in [1.82, 2.24) is 4.90 Å². The molecule has 1 fully saturated rings. The fraction of sp³-hybridized carbons (Fsp3) is 0.462. The molecule has 0 radical (unpaired) electrons. The van der Waals surface area contributed by atoms with Crippen LogP contribution in [0.5, 0.6) is 0 Å². The van der Waals surface area contributed by atoms with Crippen molar-refractivity contribution < 1.29 is 14.6 Å². The molecule has 1 aromatic rings. The van der Waals surface area contributed by atoms with Crippen molar-refractivity contribution in [3.63, 3.8) is 0 Å². The molecule has 0 spiro atoms. The maximum Gasteiger partial charge on any atom is 0.306 e. The Morgan fingerprint density at radius 2 is 2.37 bits per heavy atom. The van der Waals surface area contributed by atoms with E-state index in [-0.39, 0.29) is 12.5 Å². The molecular formula is C13H15BrClNO3. The van der Waals surface area contributed by atoms with Crippen LogP contribution in [0.2, 0.25) is 5.02 Å². The number of hydrogen-bond donors (Lipinski definition) is 1. The first-order chi connectivity index (χ1) is 9.04. The molecule has 6 heteroatoms.